The maximum absolute atomic E-state index is 13.1. The van der Waals surface area contributed by atoms with Crippen LogP contribution >= 0.6 is 0 Å². The Morgan fingerprint density at radius 3 is 2.28 bits per heavy atom. The molecule has 10 nitrogen and oxygen atoms in total. The maximum atomic E-state index is 13.1. The van der Waals surface area contributed by atoms with Crippen molar-refractivity contribution < 1.29 is 19.1 Å². The average Bonchev–Trinajstić information content (AvgIpc) is 3.74. The molecule has 7 rings (SSSR count). The van der Waals surface area contributed by atoms with Crippen molar-refractivity contribution in [2.45, 2.75) is 104 Å². The fraction of sp³-hybridized carbons (Fsp3) is 0.500. The van der Waals surface area contributed by atoms with Gasteiger partial charge in [0.15, 0.2) is 0 Å². The molecule has 2 N–H and O–H groups in total. The zero-order valence-electron chi connectivity index (χ0n) is 30.3. The number of fused-ring (bicyclic) bond motifs is 1. The minimum atomic E-state index is -0.560. The molecule has 10 heteroatoms. The van der Waals surface area contributed by atoms with Crippen molar-refractivity contribution in [3.63, 3.8) is 0 Å². The van der Waals surface area contributed by atoms with E-state index in [1.165, 1.54) is 0 Å². The van der Waals surface area contributed by atoms with Crippen LogP contribution in [-0.4, -0.2) is 66.2 Å². The number of aromatic nitrogens is 4. The molecular weight excluding hydrogens is 628 g/mol. The summed E-state index contributed by atoms with van der Waals surface area (Å²) in [5, 5.41) is 0. The third-order valence-electron chi connectivity index (χ3n) is 9.74. The van der Waals surface area contributed by atoms with Crippen LogP contribution < -0.4 is 0 Å². The lowest BCUT2D eigenvalue weighted by Crippen LogP contribution is -2.39. The Morgan fingerprint density at radius 2 is 1.62 bits per heavy atom. The van der Waals surface area contributed by atoms with Crippen LogP contribution in [0, 0.1) is 22.7 Å². The summed E-state index contributed by atoms with van der Waals surface area (Å²) < 4.78 is 11.4. The van der Waals surface area contributed by atoms with Crippen molar-refractivity contribution >= 4 is 23.2 Å². The number of carbonyl (C=O) groups excluding carboxylic acids is 2. The Labute approximate surface area is 294 Å². The van der Waals surface area contributed by atoms with Crippen LogP contribution in [0.4, 0.5) is 9.59 Å². The third-order valence-corrected chi connectivity index (χ3v) is 9.74. The molecule has 1 aliphatic heterocycles. The zero-order valence-corrected chi connectivity index (χ0v) is 30.3. The van der Waals surface area contributed by atoms with E-state index in [9.17, 15) is 9.59 Å². The summed E-state index contributed by atoms with van der Waals surface area (Å²) in [4.78, 5) is 46.2. The van der Waals surface area contributed by atoms with E-state index >= 15 is 0 Å². The lowest BCUT2D eigenvalue weighted by atomic mass is 10.0. The zero-order chi connectivity index (χ0) is 35.5. The summed E-state index contributed by atoms with van der Waals surface area (Å²) >= 11 is 0. The second-order valence-corrected chi connectivity index (χ2v) is 16.9. The number of amides is 2. The fourth-order valence-electron chi connectivity index (χ4n) is 6.60. The molecule has 0 unspecified atom stereocenters. The molecule has 2 aromatic carbocycles. The van der Waals surface area contributed by atoms with Crippen molar-refractivity contribution in [2.24, 2.45) is 10.8 Å². The number of imidazole rings is 2. The van der Waals surface area contributed by atoms with Gasteiger partial charge in [-0.1, -0.05) is 30.9 Å². The molecule has 2 saturated carbocycles. The van der Waals surface area contributed by atoms with Crippen LogP contribution in [0.25, 0.3) is 22.3 Å². The predicted molar refractivity (Wildman–Crippen MR) is 192 cm³/mol. The monoisotopic (exact) mass is 676 g/mol. The number of ether oxygens (including phenoxy) is 2. The molecule has 1 atom stereocenters. The topological polar surface area (TPSA) is 116 Å². The standard InChI is InChI=1S/C40H48N6O4/c1-37(2,3)49-35(47)45(24-39(7)16-17-39)23-33-41-22-31(42-33)28-13-10-26(11-14-28)8-9-27-12-15-29-30(20-27)44-34(43-29)32-21-40(18-19-40)25-46(32)36(48)50-38(4,5)6/h10-15,20,22,32H,16-19,21,23-25H2,1-7H3,(H,41,42)(H,43,44)/t32-/m0/s1. The van der Waals surface area contributed by atoms with Gasteiger partial charge in [-0.15, -0.1) is 0 Å². The minimum absolute atomic E-state index is 0.131. The minimum Gasteiger partial charge on any atom is -0.444 e. The fourth-order valence-corrected chi connectivity index (χ4v) is 6.60. The Kier molecular flexibility index (Phi) is 8.24. The summed E-state index contributed by atoms with van der Waals surface area (Å²) in [7, 11) is 0. The van der Waals surface area contributed by atoms with Crippen molar-refractivity contribution in [2.75, 3.05) is 13.1 Å². The molecular formula is C40H48N6O4. The van der Waals surface area contributed by atoms with E-state index in [1.54, 1.807) is 4.90 Å². The molecule has 2 amide bonds. The van der Waals surface area contributed by atoms with Crippen molar-refractivity contribution in [3.8, 4) is 23.1 Å². The maximum Gasteiger partial charge on any atom is 0.410 e. The first-order chi connectivity index (χ1) is 23.5. The predicted octanol–water partition coefficient (Wildman–Crippen LogP) is 8.35. The average molecular weight is 677 g/mol. The summed E-state index contributed by atoms with van der Waals surface area (Å²) in [5.74, 6) is 8.07. The van der Waals surface area contributed by atoms with E-state index in [2.05, 4.69) is 28.7 Å². The lowest BCUT2D eigenvalue weighted by Gasteiger charge is -2.28. The Bertz CT molecular complexity index is 1980. The van der Waals surface area contributed by atoms with E-state index < -0.39 is 11.2 Å². The summed E-state index contributed by atoms with van der Waals surface area (Å²) in [6.45, 7) is 15.3. The summed E-state index contributed by atoms with van der Waals surface area (Å²) in [6.07, 6.45) is 6.68. The Balaban J connectivity index is 1.02. The van der Waals surface area contributed by atoms with Crippen LogP contribution in [0.5, 0.6) is 0 Å². The molecule has 2 aliphatic carbocycles. The van der Waals surface area contributed by atoms with Crippen LogP contribution in [0.2, 0.25) is 0 Å². The SMILES string of the molecule is CC1(CN(Cc2nc(-c3ccc(C#Cc4ccc5[nH]c([C@@H]6CC7(CC7)CN6C(=O)OC(C)(C)C)nc5c4)cc3)c[nH]2)C(=O)OC(C)(C)C)CC1. The van der Waals surface area contributed by atoms with Crippen molar-refractivity contribution in [1.29, 1.82) is 0 Å². The van der Waals surface area contributed by atoms with Gasteiger partial charge in [-0.2, -0.15) is 0 Å². The van der Waals surface area contributed by atoms with Crippen LogP contribution in [0.1, 0.15) is 109 Å². The van der Waals surface area contributed by atoms with Crippen molar-refractivity contribution in [3.05, 3.63) is 71.4 Å². The van der Waals surface area contributed by atoms with Gasteiger partial charge >= 0.3 is 12.2 Å². The van der Waals surface area contributed by atoms with E-state index in [-0.39, 0.29) is 29.1 Å². The highest BCUT2D eigenvalue weighted by atomic mass is 16.6. The number of benzene rings is 2. The smallest absolute Gasteiger partial charge is 0.410 e. The Hall–Kier alpha value is -4.78. The molecule has 2 aromatic heterocycles. The quantitative estimate of drug-likeness (QED) is 0.198. The number of likely N-dealkylation sites (tertiary alicyclic amines) is 1. The Morgan fingerprint density at radius 1 is 0.940 bits per heavy atom. The van der Waals surface area contributed by atoms with Gasteiger partial charge in [-0.3, -0.25) is 4.90 Å². The molecule has 4 aromatic rings. The van der Waals surface area contributed by atoms with Gasteiger partial charge in [-0.05, 0) is 115 Å². The summed E-state index contributed by atoms with van der Waals surface area (Å²) in [5.41, 5.74) is 4.50. The van der Waals surface area contributed by atoms with Gasteiger partial charge in [0.25, 0.3) is 0 Å². The highest BCUT2D eigenvalue weighted by Gasteiger charge is 2.55. The molecule has 3 fully saturated rings. The summed E-state index contributed by atoms with van der Waals surface area (Å²) in [6, 6.07) is 13.8. The van der Waals surface area contributed by atoms with E-state index in [1.807, 2.05) is 95.1 Å². The molecule has 50 heavy (non-hydrogen) atoms. The van der Waals surface area contributed by atoms with Gasteiger partial charge in [0, 0.05) is 36.0 Å². The number of hydrogen-bond donors (Lipinski definition) is 2. The number of aromatic amines is 2. The van der Waals surface area contributed by atoms with Crippen LogP contribution in [-0.2, 0) is 16.0 Å². The molecule has 262 valence electrons. The van der Waals surface area contributed by atoms with Gasteiger partial charge in [0.05, 0.1) is 29.3 Å². The van der Waals surface area contributed by atoms with Crippen LogP contribution in [0.15, 0.2) is 48.7 Å². The number of H-pyrrole nitrogens is 2. The number of nitrogens with one attached hydrogen (secondary N) is 2. The first-order valence-corrected chi connectivity index (χ1v) is 17.7. The van der Waals surface area contributed by atoms with Gasteiger partial charge in [0.1, 0.15) is 22.9 Å². The molecule has 0 radical (unpaired) electrons. The molecule has 0 bridgehead atoms. The van der Waals surface area contributed by atoms with Gasteiger partial charge in [-0.25, -0.2) is 19.6 Å². The largest absolute Gasteiger partial charge is 0.444 e. The van der Waals surface area contributed by atoms with E-state index in [0.29, 0.717) is 25.5 Å². The lowest BCUT2D eigenvalue weighted by molar-refractivity contribution is 0.0189. The molecule has 3 heterocycles. The number of rotatable bonds is 6. The van der Waals surface area contributed by atoms with E-state index in [0.717, 1.165) is 71.3 Å². The number of nitrogens with zero attached hydrogens (tertiary/aromatic N) is 4. The normalized spacial score (nSPS) is 18.9. The highest BCUT2D eigenvalue weighted by molar-refractivity contribution is 5.78. The molecule has 1 spiro atoms. The van der Waals surface area contributed by atoms with Crippen molar-refractivity contribution in [1.82, 2.24) is 29.7 Å². The molecule has 1 saturated heterocycles. The third kappa shape index (κ3) is 7.83. The first-order valence-electron chi connectivity index (χ1n) is 17.7. The second-order valence-electron chi connectivity index (χ2n) is 16.9. The second kappa shape index (κ2) is 12.2. The molecule has 3 aliphatic rings. The van der Waals surface area contributed by atoms with E-state index in [4.69, 9.17) is 19.4 Å². The van der Waals surface area contributed by atoms with Gasteiger partial charge < -0.3 is 24.3 Å². The first kappa shape index (κ1) is 33.7. The number of carbonyl (C=O) groups is 2. The number of hydrogen-bond acceptors (Lipinski definition) is 6. The van der Waals surface area contributed by atoms with Gasteiger partial charge in [0.2, 0.25) is 0 Å². The highest BCUT2D eigenvalue weighted by Crippen LogP contribution is 2.58. The van der Waals surface area contributed by atoms with Crippen LogP contribution in [0.3, 0.4) is 0 Å².